The molecule has 2 rings (SSSR count). The minimum Gasteiger partial charge on any atom is -0.378 e. The Balaban J connectivity index is 1.96. The van der Waals surface area contributed by atoms with Crippen LogP contribution in [0.1, 0.15) is 45.4 Å². The molecule has 1 unspecified atom stereocenters. The Hall–Kier alpha value is 0.270. The second kappa shape index (κ2) is 6.44. The zero-order valence-electron chi connectivity index (χ0n) is 11.2. The molecule has 17 heavy (non-hydrogen) atoms. The summed E-state index contributed by atoms with van der Waals surface area (Å²) in [5.41, 5.74) is 0.492. The van der Waals surface area contributed by atoms with Gasteiger partial charge in [0.25, 0.3) is 0 Å². The minimum absolute atomic E-state index is 0.492. The molecule has 2 nitrogen and oxygen atoms in total. The number of ether oxygens (including phenoxy) is 1. The highest BCUT2D eigenvalue weighted by molar-refractivity contribution is 7.80. The first kappa shape index (κ1) is 13.7. The van der Waals surface area contributed by atoms with Gasteiger partial charge in [-0.05, 0) is 30.4 Å². The molecule has 0 amide bonds. The summed E-state index contributed by atoms with van der Waals surface area (Å²) in [6, 6.07) is 0.641. The van der Waals surface area contributed by atoms with Crippen LogP contribution in [0.2, 0.25) is 0 Å². The lowest BCUT2D eigenvalue weighted by molar-refractivity contribution is -0.0301. The Morgan fingerprint density at radius 1 is 1.29 bits per heavy atom. The summed E-state index contributed by atoms with van der Waals surface area (Å²) in [4.78, 5) is 2.67. The minimum atomic E-state index is 0.492. The first-order valence-electron chi connectivity index (χ1n) is 7.22. The van der Waals surface area contributed by atoms with Crippen LogP contribution in [0, 0.1) is 5.41 Å². The predicted octanol–water partition coefficient (Wildman–Crippen LogP) is 2.98. The van der Waals surface area contributed by atoms with Gasteiger partial charge in [-0.1, -0.05) is 26.2 Å². The first-order valence-corrected chi connectivity index (χ1v) is 7.85. The number of rotatable bonds is 4. The molecule has 0 spiro atoms. The Labute approximate surface area is 112 Å². The zero-order chi connectivity index (χ0) is 12.1. The summed E-state index contributed by atoms with van der Waals surface area (Å²) in [5, 5.41) is 0. The third-order valence-electron chi connectivity index (χ3n) is 4.61. The van der Waals surface area contributed by atoms with E-state index in [0.29, 0.717) is 11.5 Å². The Bertz CT molecular complexity index is 228. The Kier molecular flexibility index (Phi) is 5.19. The van der Waals surface area contributed by atoms with Gasteiger partial charge in [0.05, 0.1) is 13.2 Å². The third kappa shape index (κ3) is 3.39. The van der Waals surface area contributed by atoms with Crippen molar-refractivity contribution < 1.29 is 4.74 Å². The van der Waals surface area contributed by atoms with Crippen molar-refractivity contribution >= 4 is 12.6 Å². The van der Waals surface area contributed by atoms with E-state index in [9.17, 15) is 0 Å². The molecule has 0 bridgehead atoms. The van der Waals surface area contributed by atoms with Crippen LogP contribution in [-0.4, -0.2) is 43.0 Å². The monoisotopic (exact) mass is 257 g/mol. The molecule has 1 saturated carbocycles. The molecule has 1 saturated heterocycles. The van der Waals surface area contributed by atoms with E-state index in [4.69, 9.17) is 4.74 Å². The van der Waals surface area contributed by atoms with Gasteiger partial charge < -0.3 is 4.74 Å². The van der Waals surface area contributed by atoms with Crippen molar-refractivity contribution in [3.8, 4) is 0 Å². The van der Waals surface area contributed by atoms with E-state index in [-0.39, 0.29) is 0 Å². The maximum atomic E-state index is 5.60. The van der Waals surface area contributed by atoms with Crippen LogP contribution in [0.4, 0.5) is 0 Å². The molecule has 1 aliphatic heterocycles. The second-order valence-corrected chi connectivity index (χ2v) is 6.14. The fraction of sp³-hybridized carbons (Fsp3) is 1.00. The van der Waals surface area contributed by atoms with E-state index < -0.39 is 0 Å². The van der Waals surface area contributed by atoms with E-state index in [1.54, 1.807) is 0 Å². The molecule has 3 heteroatoms. The standard InChI is InChI=1S/C14H27NOS/c1-2-13-10-16-9-8-15(13)11-14(12-17)6-4-3-5-7-14/h13,17H,2-12H2,1H3. The lowest BCUT2D eigenvalue weighted by Gasteiger charge is -2.44. The molecule has 0 aromatic rings. The molecule has 0 N–H and O–H groups in total. The van der Waals surface area contributed by atoms with Gasteiger partial charge >= 0.3 is 0 Å². The van der Waals surface area contributed by atoms with Gasteiger partial charge in [-0.15, -0.1) is 0 Å². The summed E-state index contributed by atoms with van der Waals surface area (Å²) >= 11 is 4.65. The average Bonchev–Trinajstić information content (AvgIpc) is 2.40. The molecule has 2 aliphatic rings. The van der Waals surface area contributed by atoms with Gasteiger partial charge in [-0.2, -0.15) is 12.6 Å². The van der Waals surface area contributed by atoms with Crippen LogP contribution in [-0.2, 0) is 4.74 Å². The summed E-state index contributed by atoms with van der Waals surface area (Å²) in [6.07, 6.45) is 8.20. The molecule has 0 aromatic carbocycles. The van der Waals surface area contributed by atoms with Gasteiger partial charge in [0, 0.05) is 19.1 Å². The summed E-state index contributed by atoms with van der Waals surface area (Å²) in [5.74, 6) is 1.06. The number of hydrogen-bond acceptors (Lipinski definition) is 3. The van der Waals surface area contributed by atoms with Crippen molar-refractivity contribution in [2.24, 2.45) is 5.41 Å². The van der Waals surface area contributed by atoms with Crippen molar-refractivity contribution in [2.45, 2.75) is 51.5 Å². The summed E-state index contributed by atoms with van der Waals surface area (Å²) < 4.78 is 5.60. The van der Waals surface area contributed by atoms with E-state index in [2.05, 4.69) is 24.5 Å². The van der Waals surface area contributed by atoms with Gasteiger partial charge in [0.15, 0.2) is 0 Å². The fourth-order valence-corrected chi connectivity index (χ4v) is 3.79. The maximum absolute atomic E-state index is 5.60. The van der Waals surface area contributed by atoms with Crippen LogP contribution in [0.15, 0.2) is 0 Å². The van der Waals surface area contributed by atoms with Crippen LogP contribution < -0.4 is 0 Å². The van der Waals surface area contributed by atoms with Gasteiger partial charge in [-0.25, -0.2) is 0 Å². The van der Waals surface area contributed by atoms with Crippen molar-refractivity contribution in [2.75, 3.05) is 32.1 Å². The van der Waals surface area contributed by atoms with E-state index in [0.717, 1.165) is 25.5 Å². The summed E-state index contributed by atoms with van der Waals surface area (Å²) in [6.45, 7) is 6.49. The van der Waals surface area contributed by atoms with Crippen LogP contribution in [0.25, 0.3) is 0 Å². The van der Waals surface area contributed by atoms with Crippen molar-refractivity contribution in [3.05, 3.63) is 0 Å². The van der Waals surface area contributed by atoms with Crippen molar-refractivity contribution in [3.63, 3.8) is 0 Å². The maximum Gasteiger partial charge on any atom is 0.0622 e. The van der Waals surface area contributed by atoms with E-state index >= 15 is 0 Å². The average molecular weight is 257 g/mol. The molecule has 0 radical (unpaired) electrons. The van der Waals surface area contributed by atoms with Gasteiger partial charge in [0.2, 0.25) is 0 Å². The molecule has 0 aromatic heterocycles. The normalized spacial score (nSPS) is 30.4. The lowest BCUT2D eigenvalue weighted by atomic mass is 9.75. The summed E-state index contributed by atoms with van der Waals surface area (Å²) in [7, 11) is 0. The number of thiol groups is 1. The molecule has 100 valence electrons. The molecular weight excluding hydrogens is 230 g/mol. The number of nitrogens with zero attached hydrogens (tertiary/aromatic N) is 1. The Morgan fingerprint density at radius 3 is 2.71 bits per heavy atom. The quantitative estimate of drug-likeness (QED) is 0.777. The topological polar surface area (TPSA) is 12.5 Å². The SMILES string of the molecule is CCC1COCCN1CC1(CS)CCCCC1. The zero-order valence-corrected chi connectivity index (χ0v) is 12.1. The van der Waals surface area contributed by atoms with Gasteiger partial charge in [-0.3, -0.25) is 4.90 Å². The number of morpholine rings is 1. The van der Waals surface area contributed by atoms with Crippen molar-refractivity contribution in [1.29, 1.82) is 0 Å². The van der Waals surface area contributed by atoms with Crippen LogP contribution >= 0.6 is 12.6 Å². The smallest absolute Gasteiger partial charge is 0.0622 e. The lowest BCUT2D eigenvalue weighted by Crippen LogP contribution is -2.50. The molecule has 1 atom stereocenters. The van der Waals surface area contributed by atoms with E-state index in [1.165, 1.54) is 45.1 Å². The highest BCUT2D eigenvalue weighted by Crippen LogP contribution is 2.38. The molecule has 2 fully saturated rings. The Morgan fingerprint density at radius 2 is 2.06 bits per heavy atom. The molecule has 1 heterocycles. The fourth-order valence-electron chi connectivity index (χ4n) is 3.37. The highest BCUT2D eigenvalue weighted by atomic mass is 32.1. The van der Waals surface area contributed by atoms with Crippen LogP contribution in [0.5, 0.6) is 0 Å². The molecule has 1 aliphatic carbocycles. The highest BCUT2D eigenvalue weighted by Gasteiger charge is 2.35. The first-order chi connectivity index (χ1) is 8.29. The second-order valence-electron chi connectivity index (χ2n) is 5.83. The third-order valence-corrected chi connectivity index (χ3v) is 5.28. The predicted molar refractivity (Wildman–Crippen MR) is 75.8 cm³/mol. The molecular formula is C14H27NOS. The van der Waals surface area contributed by atoms with Gasteiger partial charge in [0.1, 0.15) is 0 Å². The van der Waals surface area contributed by atoms with Crippen molar-refractivity contribution in [1.82, 2.24) is 4.90 Å². The largest absolute Gasteiger partial charge is 0.378 e. The van der Waals surface area contributed by atoms with Crippen LogP contribution in [0.3, 0.4) is 0 Å². The number of hydrogen-bond donors (Lipinski definition) is 1. The van der Waals surface area contributed by atoms with E-state index in [1.807, 2.05) is 0 Å².